The Morgan fingerprint density at radius 2 is 1.83 bits per heavy atom. The van der Waals surface area contributed by atoms with E-state index >= 15 is 0 Å². The topological polar surface area (TPSA) is 88.4 Å². The number of carbonyl (C=O) groups is 1. The lowest BCUT2D eigenvalue weighted by Crippen LogP contribution is -2.23. The summed E-state index contributed by atoms with van der Waals surface area (Å²) in [7, 11) is -4.80. The molecular formula is C17H11BrF4N2O4S. The monoisotopic (exact) mass is 494 g/mol. The first-order valence-corrected chi connectivity index (χ1v) is 10.0. The number of nitrogens with one attached hydrogen (secondary N) is 1. The van der Waals surface area contributed by atoms with Gasteiger partial charge in [0.05, 0.1) is 16.8 Å². The van der Waals surface area contributed by atoms with Gasteiger partial charge in [-0.05, 0) is 48.9 Å². The van der Waals surface area contributed by atoms with Crippen LogP contribution in [0.1, 0.15) is 11.1 Å². The van der Waals surface area contributed by atoms with Crippen LogP contribution in [-0.2, 0) is 16.2 Å². The summed E-state index contributed by atoms with van der Waals surface area (Å²) < 4.78 is 81.6. The number of benzene rings is 2. The number of sulfonamides is 1. The number of hydrogen-bond acceptors (Lipinski definition) is 3. The van der Waals surface area contributed by atoms with Crippen molar-refractivity contribution in [1.29, 1.82) is 0 Å². The molecule has 0 aliphatic rings. The quantitative estimate of drug-likeness (QED) is 0.490. The molecule has 0 fully saturated rings. The molecule has 0 aliphatic carbocycles. The molecule has 0 bridgehead atoms. The van der Waals surface area contributed by atoms with Crippen molar-refractivity contribution in [2.24, 2.45) is 0 Å². The highest BCUT2D eigenvalue weighted by molar-refractivity contribution is 9.10. The number of hydrogen-bond donors (Lipinski definition) is 2. The van der Waals surface area contributed by atoms with Crippen molar-refractivity contribution < 1.29 is 35.9 Å². The van der Waals surface area contributed by atoms with E-state index in [2.05, 4.69) is 15.9 Å². The summed E-state index contributed by atoms with van der Waals surface area (Å²) in [5.41, 5.74) is -2.30. The lowest BCUT2D eigenvalue weighted by Gasteiger charge is -2.16. The van der Waals surface area contributed by atoms with Crippen LogP contribution in [0.15, 0.2) is 45.9 Å². The van der Waals surface area contributed by atoms with E-state index in [1.165, 1.54) is 13.0 Å². The second-order valence-electron chi connectivity index (χ2n) is 6.00. The summed E-state index contributed by atoms with van der Waals surface area (Å²) >= 11 is 2.89. The van der Waals surface area contributed by atoms with Crippen molar-refractivity contribution in [3.63, 3.8) is 0 Å². The Kier molecular flexibility index (Phi) is 5.11. The molecule has 0 saturated heterocycles. The number of halogens is 5. The van der Waals surface area contributed by atoms with Gasteiger partial charge in [0.2, 0.25) is 0 Å². The Balaban J connectivity index is 2.25. The van der Waals surface area contributed by atoms with Gasteiger partial charge in [-0.15, -0.1) is 0 Å². The molecule has 0 spiro atoms. The fourth-order valence-electron chi connectivity index (χ4n) is 2.94. The van der Waals surface area contributed by atoms with Crippen LogP contribution in [0, 0.1) is 12.7 Å². The molecule has 2 N–H and O–H groups in total. The van der Waals surface area contributed by atoms with Crippen molar-refractivity contribution >= 4 is 48.6 Å². The average Bonchev–Trinajstić information content (AvgIpc) is 2.89. The molecule has 3 aromatic rings. The maximum Gasteiger partial charge on any atom is 0.418 e. The number of fused-ring (bicyclic) bond motifs is 1. The third kappa shape index (κ3) is 3.81. The van der Waals surface area contributed by atoms with Crippen molar-refractivity contribution in [3.05, 3.63) is 57.8 Å². The predicted molar refractivity (Wildman–Crippen MR) is 100 cm³/mol. The van der Waals surface area contributed by atoms with E-state index in [1.807, 2.05) is 0 Å². The minimum absolute atomic E-state index is 0.000346. The summed E-state index contributed by atoms with van der Waals surface area (Å²) in [5.74, 6) is -0.729. The third-order valence-electron chi connectivity index (χ3n) is 4.10. The molecule has 0 amide bonds. The van der Waals surface area contributed by atoms with Gasteiger partial charge in [0, 0.05) is 9.86 Å². The van der Waals surface area contributed by atoms with Crippen LogP contribution in [0.2, 0.25) is 0 Å². The van der Waals surface area contributed by atoms with Crippen LogP contribution in [0.25, 0.3) is 10.9 Å². The number of nitrogens with zero attached hydrogens (tertiary/aromatic N) is 1. The molecule has 2 aromatic carbocycles. The van der Waals surface area contributed by atoms with Gasteiger partial charge in [-0.25, -0.2) is 13.8 Å². The SMILES string of the molecule is Cc1c(S(=O)(=O)Nc2ccc(Br)cc2C(F)(F)F)n(C(=O)O)c2ccc(F)cc12. The lowest BCUT2D eigenvalue weighted by atomic mass is 10.2. The fraction of sp³-hybridized carbons (Fsp3) is 0.118. The van der Waals surface area contributed by atoms with Crippen LogP contribution in [0.4, 0.5) is 28.0 Å². The van der Waals surface area contributed by atoms with Gasteiger partial charge in [-0.3, -0.25) is 4.72 Å². The van der Waals surface area contributed by atoms with E-state index in [9.17, 15) is 35.9 Å². The number of alkyl halides is 3. The van der Waals surface area contributed by atoms with Crippen LogP contribution in [-0.4, -0.2) is 24.2 Å². The Morgan fingerprint density at radius 1 is 1.17 bits per heavy atom. The van der Waals surface area contributed by atoms with Gasteiger partial charge >= 0.3 is 12.3 Å². The minimum atomic E-state index is -4.88. The molecule has 1 aromatic heterocycles. The van der Waals surface area contributed by atoms with Gasteiger partial charge < -0.3 is 5.11 Å². The van der Waals surface area contributed by atoms with E-state index in [4.69, 9.17) is 0 Å². The van der Waals surface area contributed by atoms with Gasteiger partial charge in [0.1, 0.15) is 5.82 Å². The second-order valence-corrected chi connectivity index (χ2v) is 8.52. The minimum Gasteiger partial charge on any atom is -0.464 e. The van der Waals surface area contributed by atoms with Crippen molar-refractivity contribution in [2.45, 2.75) is 18.1 Å². The molecule has 6 nitrogen and oxygen atoms in total. The molecule has 154 valence electrons. The molecule has 0 atom stereocenters. The summed E-state index contributed by atoms with van der Waals surface area (Å²) in [4.78, 5) is 11.7. The van der Waals surface area contributed by atoms with E-state index in [-0.39, 0.29) is 20.9 Å². The first kappa shape index (κ1) is 21.1. The zero-order chi connectivity index (χ0) is 21.7. The first-order valence-electron chi connectivity index (χ1n) is 7.76. The maximum absolute atomic E-state index is 13.6. The molecule has 29 heavy (non-hydrogen) atoms. The highest BCUT2D eigenvalue weighted by Crippen LogP contribution is 2.38. The van der Waals surface area contributed by atoms with Gasteiger partial charge in [0.25, 0.3) is 10.0 Å². The Labute approximate surface area is 169 Å². The fourth-order valence-corrected chi connectivity index (χ4v) is 4.80. The van der Waals surface area contributed by atoms with Crippen molar-refractivity contribution in [1.82, 2.24) is 4.57 Å². The Morgan fingerprint density at radius 3 is 2.41 bits per heavy atom. The predicted octanol–water partition coefficient (Wildman–Crippen LogP) is 5.20. The normalized spacial score (nSPS) is 12.3. The second kappa shape index (κ2) is 7.02. The van der Waals surface area contributed by atoms with Crippen molar-refractivity contribution in [2.75, 3.05) is 4.72 Å². The van der Waals surface area contributed by atoms with E-state index < -0.39 is 44.4 Å². The van der Waals surface area contributed by atoms with Crippen LogP contribution < -0.4 is 4.72 Å². The van der Waals surface area contributed by atoms with Gasteiger partial charge in [0.15, 0.2) is 5.03 Å². The molecule has 1 heterocycles. The Hall–Kier alpha value is -2.60. The zero-order valence-electron chi connectivity index (χ0n) is 14.4. The molecule has 0 aliphatic heterocycles. The molecule has 0 saturated carbocycles. The van der Waals surface area contributed by atoms with Crippen LogP contribution >= 0.6 is 15.9 Å². The zero-order valence-corrected chi connectivity index (χ0v) is 16.8. The lowest BCUT2D eigenvalue weighted by molar-refractivity contribution is -0.136. The maximum atomic E-state index is 13.6. The smallest absolute Gasteiger partial charge is 0.418 e. The standard InChI is InChI=1S/C17H11BrF4N2O4S/c1-8-11-7-10(19)3-5-14(11)24(16(25)26)15(8)29(27,28)23-13-4-2-9(18)6-12(13)17(20,21)22/h2-7,23H,1H3,(H,25,26). The van der Waals surface area contributed by atoms with Crippen LogP contribution in [0.3, 0.4) is 0 Å². The molecular weight excluding hydrogens is 484 g/mol. The third-order valence-corrected chi connectivity index (χ3v) is 6.08. The molecule has 12 heteroatoms. The van der Waals surface area contributed by atoms with E-state index in [1.54, 1.807) is 4.72 Å². The highest BCUT2D eigenvalue weighted by atomic mass is 79.9. The Bertz CT molecular complexity index is 1250. The number of aryl methyl sites for hydroxylation is 1. The number of rotatable bonds is 3. The number of aromatic nitrogens is 1. The van der Waals surface area contributed by atoms with Crippen LogP contribution in [0.5, 0.6) is 0 Å². The number of carboxylic acid groups (broad SMARTS) is 1. The summed E-state index contributed by atoms with van der Waals surface area (Å²) in [6.07, 6.45) is -6.57. The van der Waals surface area contributed by atoms with Crippen molar-refractivity contribution in [3.8, 4) is 0 Å². The highest BCUT2D eigenvalue weighted by Gasteiger charge is 2.36. The summed E-state index contributed by atoms with van der Waals surface area (Å²) in [6, 6.07) is 5.75. The number of anilines is 1. The molecule has 0 radical (unpaired) electrons. The molecule has 0 unspecified atom stereocenters. The summed E-state index contributed by atoms with van der Waals surface area (Å²) in [6.45, 7) is 1.24. The van der Waals surface area contributed by atoms with E-state index in [0.29, 0.717) is 10.6 Å². The molecule has 3 rings (SSSR count). The average molecular weight is 495 g/mol. The largest absolute Gasteiger partial charge is 0.464 e. The van der Waals surface area contributed by atoms with Gasteiger partial charge in [-0.2, -0.15) is 21.6 Å². The van der Waals surface area contributed by atoms with E-state index in [0.717, 1.165) is 24.3 Å². The summed E-state index contributed by atoms with van der Waals surface area (Å²) in [5, 5.41) is 8.68. The first-order chi connectivity index (χ1) is 13.3. The van der Waals surface area contributed by atoms with Gasteiger partial charge in [-0.1, -0.05) is 15.9 Å².